The van der Waals surface area contributed by atoms with E-state index < -0.39 is 41.4 Å². The molecule has 2 amide bonds. The Morgan fingerprint density at radius 3 is 1.95 bits per heavy atom. The van der Waals surface area contributed by atoms with Crippen molar-refractivity contribution < 1.29 is 38.1 Å². The molecular formula is C29H36N2O8. The van der Waals surface area contributed by atoms with Crippen molar-refractivity contribution in [1.29, 1.82) is 0 Å². The molecule has 3 aromatic rings. The highest BCUT2D eigenvalue weighted by molar-refractivity contribution is 6.10. The summed E-state index contributed by atoms with van der Waals surface area (Å²) in [5.74, 6) is -1.29. The fraction of sp³-hybridized carbons (Fsp3) is 0.448. The van der Waals surface area contributed by atoms with Crippen LogP contribution in [-0.2, 0) is 30.3 Å². The number of para-hydroxylation sites is 1. The minimum atomic E-state index is -1.43. The van der Waals surface area contributed by atoms with Crippen molar-refractivity contribution >= 4 is 45.9 Å². The Balaban J connectivity index is 2.19. The van der Waals surface area contributed by atoms with E-state index in [1.807, 2.05) is 24.3 Å². The number of amides is 2. The van der Waals surface area contributed by atoms with Crippen LogP contribution in [0.15, 0.2) is 42.5 Å². The van der Waals surface area contributed by atoms with E-state index in [9.17, 15) is 19.2 Å². The number of rotatable bonds is 6. The summed E-state index contributed by atoms with van der Waals surface area (Å²) in [5.41, 5.74) is -0.133. The van der Waals surface area contributed by atoms with Crippen LogP contribution in [0.4, 0.5) is 9.59 Å². The molecule has 0 spiro atoms. The van der Waals surface area contributed by atoms with E-state index in [0.717, 1.165) is 16.3 Å². The van der Waals surface area contributed by atoms with E-state index >= 15 is 0 Å². The minimum Gasteiger partial charge on any atom is -0.467 e. The van der Waals surface area contributed by atoms with Crippen molar-refractivity contribution in [3.8, 4) is 0 Å². The molecule has 0 aliphatic heterocycles. The Hall–Kier alpha value is -4.08. The third kappa shape index (κ3) is 6.87. The van der Waals surface area contributed by atoms with Crippen LogP contribution in [-0.4, -0.2) is 64.6 Å². The van der Waals surface area contributed by atoms with Gasteiger partial charge in [-0.05, 0) is 72.7 Å². The molecule has 0 aliphatic rings. The van der Waals surface area contributed by atoms with Crippen LogP contribution in [0, 0.1) is 0 Å². The second-order valence-electron chi connectivity index (χ2n) is 10.9. The van der Waals surface area contributed by atoms with Gasteiger partial charge in [0.2, 0.25) is 0 Å². The second-order valence-corrected chi connectivity index (χ2v) is 10.9. The van der Waals surface area contributed by atoms with Gasteiger partial charge in [-0.25, -0.2) is 19.2 Å². The Morgan fingerprint density at radius 2 is 1.41 bits per heavy atom. The van der Waals surface area contributed by atoms with Crippen LogP contribution in [0.3, 0.4) is 0 Å². The molecule has 0 fully saturated rings. The van der Waals surface area contributed by atoms with Crippen LogP contribution >= 0.6 is 0 Å². The van der Waals surface area contributed by atoms with Crippen LogP contribution in [0.25, 0.3) is 21.8 Å². The maximum absolute atomic E-state index is 13.3. The molecule has 39 heavy (non-hydrogen) atoms. The number of esters is 2. The third-order valence-corrected chi connectivity index (χ3v) is 5.60. The second kappa shape index (κ2) is 11.3. The molecule has 1 heterocycles. The number of imide groups is 1. The molecule has 1 aromatic heterocycles. The molecule has 0 unspecified atom stereocenters. The number of fused-ring (bicyclic) bond motifs is 3. The molecule has 0 saturated carbocycles. The van der Waals surface area contributed by atoms with Gasteiger partial charge in [0.25, 0.3) is 0 Å². The van der Waals surface area contributed by atoms with Crippen molar-refractivity contribution in [3.63, 3.8) is 0 Å². The molecule has 3 rings (SSSR count). The molecule has 0 saturated heterocycles. The highest BCUT2D eigenvalue weighted by Crippen LogP contribution is 2.31. The fourth-order valence-electron chi connectivity index (χ4n) is 4.11. The van der Waals surface area contributed by atoms with Gasteiger partial charge < -0.3 is 23.5 Å². The number of hydrogen-bond acceptors (Lipinski definition) is 8. The van der Waals surface area contributed by atoms with Gasteiger partial charge >= 0.3 is 24.1 Å². The molecule has 210 valence electrons. The zero-order chi connectivity index (χ0) is 29.1. The van der Waals surface area contributed by atoms with Crippen LogP contribution in [0.5, 0.6) is 0 Å². The van der Waals surface area contributed by atoms with E-state index in [-0.39, 0.29) is 13.2 Å². The molecular weight excluding hydrogens is 504 g/mol. The summed E-state index contributed by atoms with van der Waals surface area (Å²) >= 11 is 0. The van der Waals surface area contributed by atoms with E-state index in [1.165, 1.54) is 7.11 Å². The zero-order valence-corrected chi connectivity index (χ0v) is 23.7. The lowest BCUT2D eigenvalue weighted by molar-refractivity contribution is -0.147. The SMILES string of the molecule is CCOC(=O)c1ccc2c(c1)c1ccccc1n2C[C@@H](C(=O)OC)N(C(=O)OC(C)(C)C)C(=O)OC(C)(C)C. The first-order chi connectivity index (χ1) is 18.2. The molecule has 0 aliphatic carbocycles. The lowest BCUT2D eigenvalue weighted by Crippen LogP contribution is -2.53. The van der Waals surface area contributed by atoms with Crippen molar-refractivity contribution in [2.45, 2.75) is 72.3 Å². The van der Waals surface area contributed by atoms with Gasteiger partial charge in [0, 0.05) is 21.8 Å². The molecule has 0 bridgehead atoms. The quantitative estimate of drug-likeness (QED) is 0.290. The summed E-state index contributed by atoms with van der Waals surface area (Å²) in [7, 11) is 1.18. The standard InChI is InChI=1S/C29H36N2O8/c1-9-37-24(32)18-14-15-22-20(16-18)19-12-10-11-13-21(19)30(22)17-23(25(33)36-8)31(26(34)38-28(2,3)4)27(35)39-29(5,6)7/h10-16,23H,9,17H2,1-8H3/t23-/m0/s1. The topological polar surface area (TPSA) is 113 Å². The van der Waals surface area contributed by atoms with Gasteiger partial charge in [-0.3, -0.25) is 0 Å². The zero-order valence-electron chi connectivity index (χ0n) is 23.7. The average molecular weight is 541 g/mol. The lowest BCUT2D eigenvalue weighted by atomic mass is 10.1. The van der Waals surface area contributed by atoms with E-state index in [1.54, 1.807) is 71.2 Å². The Kier molecular flexibility index (Phi) is 8.58. The van der Waals surface area contributed by atoms with Crippen LogP contribution in [0.1, 0.15) is 58.8 Å². The maximum atomic E-state index is 13.3. The van der Waals surface area contributed by atoms with Gasteiger partial charge in [-0.2, -0.15) is 4.90 Å². The van der Waals surface area contributed by atoms with Gasteiger partial charge in [0.1, 0.15) is 11.2 Å². The summed E-state index contributed by atoms with van der Waals surface area (Å²) in [6.07, 6.45) is -2.09. The number of hydrogen-bond donors (Lipinski definition) is 0. The number of methoxy groups -OCH3 is 1. The summed E-state index contributed by atoms with van der Waals surface area (Å²) in [6, 6.07) is 11.1. The summed E-state index contributed by atoms with van der Waals surface area (Å²) < 4.78 is 23.0. The fourth-order valence-corrected chi connectivity index (χ4v) is 4.11. The molecule has 10 heteroatoms. The normalized spacial score (nSPS) is 12.6. The molecule has 1 atom stereocenters. The maximum Gasteiger partial charge on any atom is 0.420 e. The summed E-state index contributed by atoms with van der Waals surface area (Å²) in [5, 5.41) is 1.55. The first-order valence-electron chi connectivity index (χ1n) is 12.7. The van der Waals surface area contributed by atoms with Crippen LogP contribution < -0.4 is 0 Å². The Bertz CT molecular complexity index is 1370. The largest absolute Gasteiger partial charge is 0.467 e. The van der Waals surface area contributed by atoms with Crippen molar-refractivity contribution in [2.75, 3.05) is 13.7 Å². The highest BCUT2D eigenvalue weighted by atomic mass is 16.6. The molecule has 2 aromatic carbocycles. The number of carbonyl (C=O) groups excluding carboxylic acids is 4. The number of benzene rings is 2. The number of nitrogens with zero attached hydrogens (tertiary/aromatic N) is 2. The van der Waals surface area contributed by atoms with Crippen LogP contribution in [0.2, 0.25) is 0 Å². The lowest BCUT2D eigenvalue weighted by Gasteiger charge is -2.32. The Morgan fingerprint density at radius 1 is 0.846 bits per heavy atom. The molecule has 0 N–H and O–H groups in total. The minimum absolute atomic E-state index is 0.159. The predicted octanol–water partition coefficient (Wildman–Crippen LogP) is 5.69. The number of ether oxygens (including phenoxy) is 4. The predicted molar refractivity (Wildman–Crippen MR) is 146 cm³/mol. The Labute approximate surface area is 227 Å². The number of aromatic nitrogens is 1. The van der Waals surface area contributed by atoms with Gasteiger partial charge in [-0.1, -0.05) is 18.2 Å². The smallest absolute Gasteiger partial charge is 0.420 e. The molecule has 0 radical (unpaired) electrons. The average Bonchev–Trinajstić information content (AvgIpc) is 3.14. The highest BCUT2D eigenvalue weighted by Gasteiger charge is 2.41. The number of carbonyl (C=O) groups is 4. The monoisotopic (exact) mass is 540 g/mol. The van der Waals surface area contributed by atoms with Gasteiger partial charge in [0.05, 0.1) is 25.8 Å². The third-order valence-electron chi connectivity index (χ3n) is 5.60. The van der Waals surface area contributed by atoms with Crippen molar-refractivity contribution in [3.05, 3.63) is 48.0 Å². The van der Waals surface area contributed by atoms with E-state index in [0.29, 0.717) is 16.0 Å². The summed E-state index contributed by atoms with van der Waals surface area (Å²) in [6.45, 7) is 11.7. The van der Waals surface area contributed by atoms with Gasteiger partial charge in [0.15, 0.2) is 6.04 Å². The van der Waals surface area contributed by atoms with Crippen molar-refractivity contribution in [1.82, 2.24) is 9.47 Å². The van der Waals surface area contributed by atoms with E-state index in [2.05, 4.69) is 0 Å². The first kappa shape index (κ1) is 29.5. The van der Waals surface area contributed by atoms with Crippen molar-refractivity contribution in [2.24, 2.45) is 0 Å². The van der Waals surface area contributed by atoms with Gasteiger partial charge in [-0.15, -0.1) is 0 Å². The summed E-state index contributed by atoms with van der Waals surface area (Å²) in [4.78, 5) is 52.9. The first-order valence-corrected chi connectivity index (χ1v) is 12.7. The molecule has 10 nitrogen and oxygen atoms in total. The van der Waals surface area contributed by atoms with E-state index in [4.69, 9.17) is 18.9 Å².